The van der Waals surface area contributed by atoms with Gasteiger partial charge < -0.3 is 9.88 Å². The molecule has 1 aliphatic heterocycles. The fourth-order valence-corrected chi connectivity index (χ4v) is 4.27. The van der Waals surface area contributed by atoms with Gasteiger partial charge >= 0.3 is 0 Å². The molecule has 1 atom stereocenters. The van der Waals surface area contributed by atoms with Crippen LogP contribution in [0.15, 0.2) is 29.9 Å². The smallest absolute Gasteiger partial charge is 0.262 e. The minimum atomic E-state index is -3.62. The predicted molar refractivity (Wildman–Crippen MR) is 80.7 cm³/mol. The minimum absolute atomic E-state index is 0.0691. The standard InChI is InChI=1S/C13H18N6O2S/c1-14-12-7-15-6-10(17-12)11-4-3-5-19(11)22(20,21)13-8-18(2)9-16-13/h6-9,11H,3-5H2,1-2H3,(H,14,17). The molecule has 1 aliphatic rings. The van der Waals surface area contributed by atoms with Crippen molar-refractivity contribution in [2.75, 3.05) is 18.9 Å². The van der Waals surface area contributed by atoms with E-state index in [1.807, 2.05) is 0 Å². The van der Waals surface area contributed by atoms with Crippen LogP contribution >= 0.6 is 0 Å². The number of aryl methyl sites for hydroxylation is 1. The highest BCUT2D eigenvalue weighted by molar-refractivity contribution is 7.89. The molecule has 0 amide bonds. The van der Waals surface area contributed by atoms with E-state index < -0.39 is 10.0 Å². The molecule has 1 fully saturated rings. The van der Waals surface area contributed by atoms with Gasteiger partial charge in [0.15, 0.2) is 5.03 Å². The number of hydrogen-bond donors (Lipinski definition) is 1. The fourth-order valence-electron chi connectivity index (χ4n) is 2.63. The summed E-state index contributed by atoms with van der Waals surface area (Å²) in [5, 5.41) is 2.99. The molecule has 1 saturated heterocycles. The average Bonchev–Trinajstić information content (AvgIpc) is 3.16. The number of imidazole rings is 1. The molecule has 1 N–H and O–H groups in total. The summed E-state index contributed by atoms with van der Waals surface area (Å²) >= 11 is 0. The van der Waals surface area contributed by atoms with E-state index in [4.69, 9.17) is 0 Å². The molecule has 0 radical (unpaired) electrons. The van der Waals surface area contributed by atoms with Gasteiger partial charge in [-0.3, -0.25) is 4.98 Å². The molecule has 2 aromatic rings. The van der Waals surface area contributed by atoms with Gasteiger partial charge in [-0.2, -0.15) is 4.31 Å². The van der Waals surface area contributed by atoms with E-state index in [0.29, 0.717) is 18.1 Å². The van der Waals surface area contributed by atoms with Gasteiger partial charge in [-0.05, 0) is 12.8 Å². The van der Waals surface area contributed by atoms with Crippen LogP contribution in [0.5, 0.6) is 0 Å². The van der Waals surface area contributed by atoms with Crippen molar-refractivity contribution in [3.05, 3.63) is 30.6 Å². The lowest BCUT2D eigenvalue weighted by Crippen LogP contribution is -2.31. The van der Waals surface area contributed by atoms with Crippen molar-refractivity contribution < 1.29 is 8.42 Å². The van der Waals surface area contributed by atoms with Gasteiger partial charge in [0.2, 0.25) is 0 Å². The fraction of sp³-hybridized carbons (Fsp3) is 0.462. The van der Waals surface area contributed by atoms with Gasteiger partial charge in [-0.15, -0.1) is 0 Å². The summed E-state index contributed by atoms with van der Waals surface area (Å²) in [4.78, 5) is 12.5. The van der Waals surface area contributed by atoms with E-state index in [2.05, 4.69) is 20.3 Å². The summed E-state index contributed by atoms with van der Waals surface area (Å²) in [5.74, 6) is 0.625. The van der Waals surface area contributed by atoms with Crippen LogP contribution in [0.4, 0.5) is 5.82 Å². The summed E-state index contributed by atoms with van der Waals surface area (Å²) in [6, 6.07) is -0.298. The number of nitrogens with one attached hydrogen (secondary N) is 1. The zero-order chi connectivity index (χ0) is 15.7. The average molecular weight is 322 g/mol. The number of anilines is 1. The third-order valence-electron chi connectivity index (χ3n) is 3.71. The third-order valence-corrected chi connectivity index (χ3v) is 5.50. The predicted octanol–water partition coefficient (Wildman–Crippen LogP) is 0.778. The topological polar surface area (TPSA) is 93.0 Å². The Kier molecular flexibility index (Phi) is 3.83. The summed E-state index contributed by atoms with van der Waals surface area (Å²) in [7, 11) is -0.121. The maximum Gasteiger partial charge on any atom is 0.262 e. The molecule has 0 saturated carbocycles. The van der Waals surface area contributed by atoms with Gasteiger partial charge in [0, 0.05) is 26.8 Å². The lowest BCUT2D eigenvalue weighted by molar-refractivity contribution is 0.388. The molecule has 0 spiro atoms. The van der Waals surface area contributed by atoms with Crippen molar-refractivity contribution in [3.8, 4) is 0 Å². The molecule has 8 nitrogen and oxygen atoms in total. The third kappa shape index (κ3) is 2.57. The SMILES string of the molecule is CNc1cncc(C2CCCN2S(=O)(=O)c2cn(C)cn2)n1. The maximum atomic E-state index is 12.8. The van der Waals surface area contributed by atoms with Crippen molar-refractivity contribution in [3.63, 3.8) is 0 Å². The van der Waals surface area contributed by atoms with Gasteiger partial charge in [0.25, 0.3) is 10.0 Å². The number of aromatic nitrogens is 4. The van der Waals surface area contributed by atoms with E-state index in [1.54, 1.807) is 31.1 Å². The van der Waals surface area contributed by atoms with E-state index in [1.165, 1.54) is 16.8 Å². The highest BCUT2D eigenvalue weighted by Crippen LogP contribution is 2.35. The van der Waals surface area contributed by atoms with Crippen molar-refractivity contribution in [1.29, 1.82) is 0 Å². The normalized spacial score (nSPS) is 19.5. The summed E-state index contributed by atoms with van der Waals surface area (Å²) in [6.07, 6.45) is 7.75. The second-order valence-corrected chi connectivity index (χ2v) is 7.07. The van der Waals surface area contributed by atoms with Crippen LogP contribution in [0, 0.1) is 0 Å². The Morgan fingerprint density at radius 1 is 1.36 bits per heavy atom. The van der Waals surface area contributed by atoms with E-state index in [9.17, 15) is 8.42 Å². The second kappa shape index (κ2) is 5.65. The minimum Gasteiger partial charge on any atom is -0.372 e. The van der Waals surface area contributed by atoms with Crippen LogP contribution < -0.4 is 5.32 Å². The summed E-state index contributed by atoms with van der Waals surface area (Å²) < 4.78 is 28.6. The van der Waals surface area contributed by atoms with Crippen LogP contribution in [0.2, 0.25) is 0 Å². The first-order valence-electron chi connectivity index (χ1n) is 7.02. The Morgan fingerprint density at radius 3 is 2.86 bits per heavy atom. The Hall–Kier alpha value is -2.00. The first kappa shape index (κ1) is 14.9. The monoisotopic (exact) mass is 322 g/mol. The Balaban J connectivity index is 1.96. The lowest BCUT2D eigenvalue weighted by Gasteiger charge is -2.22. The Bertz CT molecular complexity index is 772. The maximum absolute atomic E-state index is 12.8. The van der Waals surface area contributed by atoms with E-state index in [0.717, 1.165) is 12.8 Å². The number of rotatable bonds is 4. The number of sulfonamides is 1. The first-order valence-corrected chi connectivity index (χ1v) is 8.46. The zero-order valence-corrected chi connectivity index (χ0v) is 13.3. The molecule has 1 unspecified atom stereocenters. The quantitative estimate of drug-likeness (QED) is 0.894. The van der Waals surface area contributed by atoms with Crippen LogP contribution in [-0.4, -0.2) is 45.8 Å². The Morgan fingerprint density at radius 2 is 2.18 bits per heavy atom. The number of hydrogen-bond acceptors (Lipinski definition) is 6. The largest absolute Gasteiger partial charge is 0.372 e. The Labute approximate surface area is 129 Å². The van der Waals surface area contributed by atoms with Gasteiger partial charge in [0.05, 0.1) is 30.5 Å². The molecule has 3 heterocycles. The van der Waals surface area contributed by atoms with E-state index in [-0.39, 0.29) is 11.1 Å². The van der Waals surface area contributed by atoms with E-state index >= 15 is 0 Å². The molecule has 22 heavy (non-hydrogen) atoms. The molecular formula is C13H18N6O2S. The van der Waals surface area contributed by atoms with Gasteiger partial charge in [-0.1, -0.05) is 0 Å². The first-order chi connectivity index (χ1) is 10.5. The molecule has 0 aliphatic carbocycles. The summed E-state index contributed by atoms with van der Waals surface area (Å²) in [6.45, 7) is 0.467. The van der Waals surface area contributed by atoms with Gasteiger partial charge in [-0.25, -0.2) is 18.4 Å². The highest BCUT2D eigenvalue weighted by atomic mass is 32.2. The van der Waals surface area contributed by atoms with Crippen molar-refractivity contribution >= 4 is 15.8 Å². The highest BCUT2D eigenvalue weighted by Gasteiger charge is 2.38. The lowest BCUT2D eigenvalue weighted by atomic mass is 10.2. The van der Waals surface area contributed by atoms with Crippen LogP contribution in [-0.2, 0) is 17.1 Å². The number of nitrogens with zero attached hydrogens (tertiary/aromatic N) is 5. The molecule has 0 bridgehead atoms. The van der Waals surface area contributed by atoms with Crippen LogP contribution in [0.3, 0.4) is 0 Å². The van der Waals surface area contributed by atoms with Crippen molar-refractivity contribution in [2.24, 2.45) is 7.05 Å². The molecule has 3 rings (SSSR count). The van der Waals surface area contributed by atoms with Crippen LogP contribution in [0.25, 0.3) is 0 Å². The van der Waals surface area contributed by atoms with Crippen molar-refractivity contribution in [2.45, 2.75) is 23.9 Å². The van der Waals surface area contributed by atoms with Crippen LogP contribution in [0.1, 0.15) is 24.6 Å². The summed E-state index contributed by atoms with van der Waals surface area (Å²) in [5.41, 5.74) is 0.656. The molecule has 118 valence electrons. The van der Waals surface area contributed by atoms with Crippen molar-refractivity contribution in [1.82, 2.24) is 23.8 Å². The molecular weight excluding hydrogens is 304 g/mol. The second-order valence-electron chi connectivity index (χ2n) is 5.23. The molecule has 0 aromatic carbocycles. The molecule has 2 aromatic heterocycles. The zero-order valence-electron chi connectivity index (χ0n) is 12.5. The van der Waals surface area contributed by atoms with Gasteiger partial charge in [0.1, 0.15) is 5.82 Å². The molecule has 9 heteroatoms.